The van der Waals surface area contributed by atoms with E-state index in [2.05, 4.69) is 20.8 Å². The summed E-state index contributed by atoms with van der Waals surface area (Å²) < 4.78 is 4.87. The third-order valence-electron chi connectivity index (χ3n) is 5.37. The Morgan fingerprint density at radius 1 is 0.571 bits per heavy atom. The molecule has 0 saturated carbocycles. The fourth-order valence-electron chi connectivity index (χ4n) is 3.51. The highest BCUT2D eigenvalue weighted by Gasteiger charge is 2.09. The van der Waals surface area contributed by atoms with Crippen molar-refractivity contribution in [2.24, 2.45) is 5.92 Å². The van der Waals surface area contributed by atoms with Crippen molar-refractivity contribution < 1.29 is 14.3 Å². The zero-order valence-corrected chi connectivity index (χ0v) is 19.2. The molecule has 28 heavy (non-hydrogen) atoms. The lowest BCUT2D eigenvalue weighted by molar-refractivity contribution is -0.159. The average Bonchev–Trinajstić information content (AvgIpc) is 2.65. The lowest BCUT2D eigenvalue weighted by Crippen LogP contribution is -2.11. The molecule has 0 saturated heterocycles. The van der Waals surface area contributed by atoms with E-state index in [1.165, 1.54) is 70.6 Å². The zero-order valence-electron chi connectivity index (χ0n) is 19.2. The number of carbonyl (C=O) groups excluding carboxylic acids is 2. The summed E-state index contributed by atoms with van der Waals surface area (Å²) in [4.78, 5) is 23.2. The van der Waals surface area contributed by atoms with Gasteiger partial charge in [0.2, 0.25) is 0 Å². The van der Waals surface area contributed by atoms with Crippen molar-refractivity contribution in [3.63, 3.8) is 0 Å². The third kappa shape index (κ3) is 21.4. The van der Waals surface area contributed by atoms with E-state index in [4.69, 9.17) is 4.74 Å². The van der Waals surface area contributed by atoms with Gasteiger partial charge in [0.15, 0.2) is 0 Å². The van der Waals surface area contributed by atoms with Crippen molar-refractivity contribution in [3.05, 3.63) is 0 Å². The Kier molecular flexibility index (Phi) is 20.2. The van der Waals surface area contributed by atoms with Gasteiger partial charge in [0.25, 0.3) is 0 Å². The molecule has 0 aliphatic rings. The number of esters is 2. The van der Waals surface area contributed by atoms with Crippen molar-refractivity contribution in [3.8, 4) is 0 Å². The molecule has 0 aliphatic heterocycles. The molecule has 0 aromatic carbocycles. The molecule has 0 bridgehead atoms. The largest absolute Gasteiger partial charge is 0.393 e. The average molecular weight is 397 g/mol. The highest BCUT2D eigenvalue weighted by molar-refractivity contribution is 5.85. The molecular weight excluding hydrogens is 348 g/mol. The van der Waals surface area contributed by atoms with Gasteiger partial charge in [-0.2, -0.15) is 0 Å². The molecule has 0 aliphatic carbocycles. The van der Waals surface area contributed by atoms with Gasteiger partial charge in [0.1, 0.15) is 0 Å². The number of hydrogen-bond donors (Lipinski definition) is 0. The lowest BCUT2D eigenvalue weighted by Gasteiger charge is -2.05. The number of ether oxygens (including phenoxy) is 1. The highest BCUT2D eigenvalue weighted by atomic mass is 16.6. The normalized spacial score (nSPS) is 11.1. The van der Waals surface area contributed by atoms with Gasteiger partial charge >= 0.3 is 11.9 Å². The summed E-state index contributed by atoms with van der Waals surface area (Å²) in [6, 6.07) is 0. The maximum absolute atomic E-state index is 11.6. The molecule has 0 spiro atoms. The van der Waals surface area contributed by atoms with Crippen LogP contribution in [0.3, 0.4) is 0 Å². The van der Waals surface area contributed by atoms with Crippen LogP contribution in [0.15, 0.2) is 0 Å². The molecule has 0 radical (unpaired) electrons. The van der Waals surface area contributed by atoms with Crippen LogP contribution in [0.2, 0.25) is 0 Å². The first-order chi connectivity index (χ1) is 13.6. The summed E-state index contributed by atoms with van der Waals surface area (Å²) in [6.45, 7) is 6.75. The first kappa shape index (κ1) is 27.1. The Labute approximate surface area is 175 Å². The van der Waals surface area contributed by atoms with Crippen molar-refractivity contribution in [1.29, 1.82) is 0 Å². The van der Waals surface area contributed by atoms with Crippen LogP contribution in [-0.4, -0.2) is 11.9 Å². The monoisotopic (exact) mass is 396 g/mol. The van der Waals surface area contributed by atoms with E-state index in [1.54, 1.807) is 0 Å². The Morgan fingerprint density at radius 3 is 1.32 bits per heavy atom. The summed E-state index contributed by atoms with van der Waals surface area (Å²) in [7, 11) is 0. The van der Waals surface area contributed by atoms with E-state index in [9.17, 15) is 9.59 Å². The second-order valence-electron chi connectivity index (χ2n) is 8.83. The van der Waals surface area contributed by atoms with E-state index in [1.807, 2.05) is 0 Å². The Bertz CT molecular complexity index is 363. The van der Waals surface area contributed by atoms with Crippen LogP contribution in [0.4, 0.5) is 0 Å². The minimum Gasteiger partial charge on any atom is -0.393 e. The van der Waals surface area contributed by atoms with Gasteiger partial charge in [0.05, 0.1) is 0 Å². The van der Waals surface area contributed by atoms with Crippen LogP contribution in [0.5, 0.6) is 0 Å². The Morgan fingerprint density at radius 2 is 0.929 bits per heavy atom. The summed E-state index contributed by atoms with van der Waals surface area (Å²) in [5.41, 5.74) is 0. The number of rotatable bonds is 20. The maximum Gasteiger partial charge on any atom is 0.313 e. The smallest absolute Gasteiger partial charge is 0.313 e. The van der Waals surface area contributed by atoms with Gasteiger partial charge < -0.3 is 4.74 Å². The fourth-order valence-corrected chi connectivity index (χ4v) is 3.51. The van der Waals surface area contributed by atoms with Gasteiger partial charge in [-0.15, -0.1) is 0 Å². The van der Waals surface area contributed by atoms with E-state index in [0.717, 1.165) is 44.4 Å². The van der Waals surface area contributed by atoms with Crippen molar-refractivity contribution in [1.82, 2.24) is 0 Å². The van der Waals surface area contributed by atoms with Crippen molar-refractivity contribution in [2.75, 3.05) is 0 Å². The highest BCUT2D eigenvalue weighted by Crippen LogP contribution is 2.14. The standard InChI is InChI=1S/C25H48O3/c1-4-5-6-18-21-24(26)28-25(27)22-19-16-14-12-10-8-7-9-11-13-15-17-20-23(2)3/h23H,4-22H2,1-3H3. The zero-order chi connectivity index (χ0) is 20.9. The number of carbonyl (C=O) groups is 2. The molecule has 3 heteroatoms. The van der Waals surface area contributed by atoms with Crippen LogP contribution in [0.25, 0.3) is 0 Å². The number of unbranched alkanes of at least 4 members (excludes halogenated alkanes) is 14. The molecule has 0 unspecified atom stereocenters. The topological polar surface area (TPSA) is 43.4 Å². The molecule has 0 aromatic heterocycles. The van der Waals surface area contributed by atoms with Gasteiger partial charge in [-0.1, -0.05) is 117 Å². The third-order valence-corrected chi connectivity index (χ3v) is 5.37. The van der Waals surface area contributed by atoms with Gasteiger partial charge in [-0.25, -0.2) is 0 Å². The van der Waals surface area contributed by atoms with Crippen LogP contribution < -0.4 is 0 Å². The van der Waals surface area contributed by atoms with Gasteiger partial charge in [-0.05, 0) is 18.8 Å². The van der Waals surface area contributed by atoms with E-state index >= 15 is 0 Å². The Hall–Kier alpha value is -0.860. The van der Waals surface area contributed by atoms with Crippen molar-refractivity contribution in [2.45, 2.75) is 143 Å². The maximum atomic E-state index is 11.6. The van der Waals surface area contributed by atoms with Gasteiger partial charge in [0, 0.05) is 12.8 Å². The SMILES string of the molecule is CCCCCCC(=O)OC(=O)CCCCCCCCCCCCCCC(C)C. The second-order valence-corrected chi connectivity index (χ2v) is 8.83. The summed E-state index contributed by atoms with van der Waals surface area (Å²) in [5.74, 6) is 0.170. The van der Waals surface area contributed by atoms with Crippen LogP contribution in [0.1, 0.15) is 143 Å². The predicted molar refractivity (Wildman–Crippen MR) is 119 cm³/mol. The first-order valence-corrected chi connectivity index (χ1v) is 12.3. The van der Waals surface area contributed by atoms with E-state index < -0.39 is 0 Å². The van der Waals surface area contributed by atoms with Crippen LogP contribution in [-0.2, 0) is 14.3 Å². The van der Waals surface area contributed by atoms with E-state index in [-0.39, 0.29) is 11.9 Å². The predicted octanol–water partition coefficient (Wildman–Crippen LogP) is 8.14. The molecule has 0 aromatic rings. The Balaban J connectivity index is 3.26. The molecule has 3 nitrogen and oxygen atoms in total. The minimum absolute atomic E-state index is 0.339. The molecule has 0 atom stereocenters. The molecule has 0 fully saturated rings. The molecule has 0 amide bonds. The summed E-state index contributed by atoms with van der Waals surface area (Å²) in [6.07, 6.45) is 21.7. The molecular formula is C25H48O3. The van der Waals surface area contributed by atoms with Crippen LogP contribution in [0, 0.1) is 5.92 Å². The molecule has 0 N–H and O–H groups in total. The number of hydrogen-bond acceptors (Lipinski definition) is 3. The summed E-state index contributed by atoms with van der Waals surface area (Å²) >= 11 is 0. The lowest BCUT2D eigenvalue weighted by atomic mass is 10.0. The molecule has 166 valence electrons. The molecule has 0 rings (SSSR count). The second kappa shape index (κ2) is 20.9. The quantitative estimate of drug-likeness (QED) is 0.118. The van der Waals surface area contributed by atoms with Crippen molar-refractivity contribution >= 4 is 11.9 Å². The minimum atomic E-state index is -0.346. The molecule has 0 heterocycles. The fraction of sp³-hybridized carbons (Fsp3) is 0.920. The van der Waals surface area contributed by atoms with Gasteiger partial charge in [-0.3, -0.25) is 9.59 Å². The van der Waals surface area contributed by atoms with E-state index in [0.29, 0.717) is 12.8 Å². The first-order valence-electron chi connectivity index (χ1n) is 12.3. The van der Waals surface area contributed by atoms with Crippen LogP contribution >= 0.6 is 0 Å². The summed E-state index contributed by atoms with van der Waals surface area (Å²) in [5, 5.41) is 0.